The predicted molar refractivity (Wildman–Crippen MR) is 139 cm³/mol. The van der Waals surface area contributed by atoms with E-state index in [0.717, 1.165) is 56.8 Å². The summed E-state index contributed by atoms with van der Waals surface area (Å²) < 4.78 is 13.1. The molecule has 1 N–H and O–H groups in total. The Balaban J connectivity index is 1.25. The van der Waals surface area contributed by atoms with Gasteiger partial charge in [0.15, 0.2) is 0 Å². The molecule has 3 heterocycles. The van der Waals surface area contributed by atoms with E-state index in [0.29, 0.717) is 45.1 Å². The molecule has 0 saturated carbocycles. The van der Waals surface area contributed by atoms with Crippen molar-refractivity contribution in [2.75, 3.05) is 57.3 Å². The van der Waals surface area contributed by atoms with Crippen molar-refractivity contribution in [2.45, 2.75) is 52.1 Å². The van der Waals surface area contributed by atoms with Gasteiger partial charge in [0, 0.05) is 77.9 Å². The summed E-state index contributed by atoms with van der Waals surface area (Å²) in [6.45, 7) is 9.92. The summed E-state index contributed by atoms with van der Waals surface area (Å²) in [7, 11) is 0. The van der Waals surface area contributed by atoms with Crippen molar-refractivity contribution in [1.29, 1.82) is 0 Å². The number of rotatable bonds is 10. The SMILES string of the molecule is CCCCCCC(=O)N1CCN(c2nc(CN3CCN(Cc4ccc(F)cc4)CC3)cc(=O)[nH]2)CC1. The van der Waals surface area contributed by atoms with E-state index in [4.69, 9.17) is 4.98 Å². The maximum atomic E-state index is 13.1. The van der Waals surface area contributed by atoms with Crippen molar-refractivity contribution in [3.63, 3.8) is 0 Å². The molecule has 0 radical (unpaired) electrons. The van der Waals surface area contributed by atoms with E-state index in [1.807, 2.05) is 17.0 Å². The Morgan fingerprint density at radius 1 is 0.917 bits per heavy atom. The predicted octanol–water partition coefficient (Wildman–Crippen LogP) is 2.85. The number of halogens is 1. The molecule has 2 aliphatic rings. The van der Waals surface area contributed by atoms with E-state index >= 15 is 0 Å². The van der Waals surface area contributed by atoms with Gasteiger partial charge in [-0.1, -0.05) is 38.3 Å². The van der Waals surface area contributed by atoms with Crippen LogP contribution in [-0.2, 0) is 17.9 Å². The van der Waals surface area contributed by atoms with E-state index < -0.39 is 0 Å². The van der Waals surface area contributed by atoms with Crippen molar-refractivity contribution in [3.05, 3.63) is 57.8 Å². The Bertz CT molecular complexity index is 1030. The highest BCUT2D eigenvalue weighted by Gasteiger charge is 2.23. The van der Waals surface area contributed by atoms with Crippen LogP contribution < -0.4 is 10.5 Å². The smallest absolute Gasteiger partial charge is 0.252 e. The molecule has 0 unspecified atom stereocenters. The van der Waals surface area contributed by atoms with E-state index in [2.05, 4.69) is 26.6 Å². The number of hydrogen-bond donors (Lipinski definition) is 1. The number of benzene rings is 1. The van der Waals surface area contributed by atoms with Gasteiger partial charge in [-0.15, -0.1) is 0 Å². The third kappa shape index (κ3) is 7.61. The zero-order valence-electron chi connectivity index (χ0n) is 21.4. The van der Waals surface area contributed by atoms with E-state index in [9.17, 15) is 14.0 Å². The van der Waals surface area contributed by atoms with Gasteiger partial charge in [-0.25, -0.2) is 9.37 Å². The van der Waals surface area contributed by atoms with E-state index in [1.54, 1.807) is 6.07 Å². The number of carbonyl (C=O) groups excluding carboxylic acids is 1. The first-order valence-corrected chi connectivity index (χ1v) is 13.3. The molecule has 8 nitrogen and oxygen atoms in total. The van der Waals surface area contributed by atoms with E-state index in [1.165, 1.54) is 25.0 Å². The summed E-state index contributed by atoms with van der Waals surface area (Å²) in [5.74, 6) is 0.628. The molecule has 4 rings (SSSR count). The fourth-order valence-corrected chi connectivity index (χ4v) is 4.94. The Morgan fingerprint density at radius 3 is 2.25 bits per heavy atom. The summed E-state index contributed by atoms with van der Waals surface area (Å²) in [5.41, 5.74) is 1.75. The molecule has 2 saturated heterocycles. The molecular weight excluding hydrogens is 459 g/mol. The van der Waals surface area contributed by atoms with Gasteiger partial charge in [0.05, 0.1) is 5.69 Å². The molecule has 2 aliphatic heterocycles. The summed E-state index contributed by atoms with van der Waals surface area (Å²) in [5, 5.41) is 0. The van der Waals surface area contributed by atoms with Crippen LogP contribution in [0.2, 0.25) is 0 Å². The van der Waals surface area contributed by atoms with Crippen molar-refractivity contribution < 1.29 is 9.18 Å². The highest BCUT2D eigenvalue weighted by Crippen LogP contribution is 2.15. The van der Waals surface area contributed by atoms with Crippen LogP contribution >= 0.6 is 0 Å². The number of carbonyl (C=O) groups is 1. The average molecular weight is 499 g/mol. The third-order valence-electron chi connectivity index (χ3n) is 7.13. The quantitative estimate of drug-likeness (QED) is 0.508. The highest BCUT2D eigenvalue weighted by molar-refractivity contribution is 5.76. The molecule has 196 valence electrons. The summed E-state index contributed by atoms with van der Waals surface area (Å²) >= 11 is 0. The molecule has 0 bridgehead atoms. The monoisotopic (exact) mass is 498 g/mol. The molecule has 0 aliphatic carbocycles. The number of anilines is 1. The number of unbranched alkanes of at least 4 members (excludes halogenated alkanes) is 3. The Morgan fingerprint density at radius 2 is 1.58 bits per heavy atom. The lowest BCUT2D eigenvalue weighted by Gasteiger charge is -2.36. The van der Waals surface area contributed by atoms with Crippen molar-refractivity contribution in [3.8, 4) is 0 Å². The number of nitrogens with zero attached hydrogens (tertiary/aromatic N) is 5. The number of aromatic nitrogens is 2. The molecule has 1 aromatic carbocycles. The van der Waals surface area contributed by atoms with Gasteiger partial charge in [-0.05, 0) is 24.1 Å². The maximum Gasteiger partial charge on any atom is 0.252 e. The second-order valence-corrected chi connectivity index (χ2v) is 9.92. The van der Waals surface area contributed by atoms with Crippen molar-refractivity contribution in [1.82, 2.24) is 24.7 Å². The lowest BCUT2D eigenvalue weighted by Crippen LogP contribution is -2.49. The van der Waals surface area contributed by atoms with Gasteiger partial charge in [0.25, 0.3) is 5.56 Å². The Labute approximate surface area is 213 Å². The average Bonchev–Trinajstić information content (AvgIpc) is 2.89. The van der Waals surface area contributed by atoms with Crippen LogP contribution in [0.4, 0.5) is 10.3 Å². The standard InChI is InChI=1S/C27H39FN6O2/c1-2-3-4-5-6-26(36)33-15-17-34(18-16-33)27-29-24(19-25(35)30-27)21-32-13-11-31(12-14-32)20-22-7-9-23(28)10-8-22/h7-10,19H,2-6,11-18,20-21H2,1H3,(H,29,30,35). The molecular formula is C27H39FN6O2. The van der Waals surface area contributed by atoms with Crippen LogP contribution in [0.3, 0.4) is 0 Å². The van der Waals surface area contributed by atoms with E-state index in [-0.39, 0.29) is 17.3 Å². The second kappa shape index (κ2) is 13.0. The molecule has 0 atom stereocenters. The molecule has 9 heteroatoms. The minimum atomic E-state index is -0.207. The van der Waals surface area contributed by atoms with Crippen LogP contribution in [0.1, 0.15) is 50.3 Å². The third-order valence-corrected chi connectivity index (χ3v) is 7.13. The first kappa shape index (κ1) is 26.3. The largest absolute Gasteiger partial charge is 0.339 e. The molecule has 2 aromatic rings. The normalized spacial score (nSPS) is 17.5. The van der Waals surface area contributed by atoms with Crippen LogP contribution in [0, 0.1) is 5.82 Å². The number of H-pyrrole nitrogens is 1. The van der Waals surface area contributed by atoms with Gasteiger partial charge < -0.3 is 9.80 Å². The highest BCUT2D eigenvalue weighted by atomic mass is 19.1. The van der Waals surface area contributed by atoms with Crippen LogP contribution in [0.25, 0.3) is 0 Å². The lowest BCUT2D eigenvalue weighted by molar-refractivity contribution is -0.131. The molecule has 1 aromatic heterocycles. The Hall–Kier alpha value is -2.78. The van der Waals surface area contributed by atoms with Crippen LogP contribution in [0.15, 0.2) is 35.1 Å². The first-order chi connectivity index (χ1) is 17.5. The zero-order valence-corrected chi connectivity index (χ0v) is 21.4. The van der Waals surface area contributed by atoms with Crippen LogP contribution in [0.5, 0.6) is 0 Å². The van der Waals surface area contributed by atoms with Gasteiger partial charge in [-0.2, -0.15) is 0 Å². The zero-order chi connectivity index (χ0) is 25.3. The second-order valence-electron chi connectivity index (χ2n) is 9.92. The molecule has 0 spiro atoms. The summed E-state index contributed by atoms with van der Waals surface area (Å²) in [6.07, 6.45) is 5.06. The minimum absolute atomic E-state index is 0.139. The number of amides is 1. The molecule has 36 heavy (non-hydrogen) atoms. The number of hydrogen-bond acceptors (Lipinski definition) is 6. The van der Waals surface area contributed by atoms with Crippen molar-refractivity contribution >= 4 is 11.9 Å². The topological polar surface area (TPSA) is 75.8 Å². The summed E-state index contributed by atoms with van der Waals surface area (Å²) in [4.78, 5) is 41.2. The van der Waals surface area contributed by atoms with Gasteiger partial charge in [-0.3, -0.25) is 24.4 Å². The lowest BCUT2D eigenvalue weighted by atomic mass is 10.1. The fraction of sp³-hybridized carbons (Fsp3) is 0.593. The maximum absolute atomic E-state index is 13.1. The van der Waals surface area contributed by atoms with Crippen molar-refractivity contribution in [2.24, 2.45) is 0 Å². The number of nitrogens with one attached hydrogen (secondary N) is 1. The molecule has 1 amide bonds. The number of aromatic amines is 1. The van der Waals surface area contributed by atoms with Gasteiger partial charge in [0.2, 0.25) is 11.9 Å². The Kier molecular flexibility index (Phi) is 9.47. The number of piperazine rings is 2. The minimum Gasteiger partial charge on any atom is -0.339 e. The summed E-state index contributed by atoms with van der Waals surface area (Å²) in [6, 6.07) is 8.28. The first-order valence-electron chi connectivity index (χ1n) is 13.3. The fourth-order valence-electron chi connectivity index (χ4n) is 4.94. The van der Waals surface area contributed by atoms with Crippen LogP contribution in [-0.4, -0.2) is 82.9 Å². The van der Waals surface area contributed by atoms with Gasteiger partial charge in [0.1, 0.15) is 5.82 Å². The molecule has 2 fully saturated rings. The van der Waals surface area contributed by atoms with Gasteiger partial charge >= 0.3 is 0 Å².